The van der Waals surface area contributed by atoms with Crippen molar-refractivity contribution in [2.24, 2.45) is 0 Å². The van der Waals surface area contributed by atoms with Crippen molar-refractivity contribution < 1.29 is 35.9 Å². The van der Waals surface area contributed by atoms with Crippen molar-refractivity contribution in [1.82, 2.24) is 4.90 Å². The molecule has 1 amide bonds. The first-order valence-corrected chi connectivity index (χ1v) is 13.9. The molecule has 0 N–H and O–H groups in total. The Bertz CT molecular complexity index is 1090. The molecule has 2 aromatic carbocycles. The van der Waals surface area contributed by atoms with Crippen molar-refractivity contribution in [1.29, 1.82) is 0 Å². The van der Waals surface area contributed by atoms with Gasteiger partial charge in [-0.15, -0.1) is 0 Å². The Morgan fingerprint density at radius 2 is 1.32 bits per heavy atom. The van der Waals surface area contributed by atoms with E-state index in [2.05, 4.69) is 31.2 Å². The van der Waals surface area contributed by atoms with Crippen LogP contribution in [0.3, 0.4) is 0 Å². The number of aryl methyl sites for hydroxylation is 2. The van der Waals surface area contributed by atoms with Crippen LogP contribution in [0.25, 0.3) is 0 Å². The second-order valence-electron chi connectivity index (χ2n) is 11.2. The van der Waals surface area contributed by atoms with E-state index in [0.717, 1.165) is 34.6 Å². The molecule has 41 heavy (non-hydrogen) atoms. The predicted octanol–water partition coefficient (Wildman–Crippen LogP) is 6.38. The van der Waals surface area contributed by atoms with E-state index in [1.54, 1.807) is 4.90 Å². The summed E-state index contributed by atoms with van der Waals surface area (Å²) in [6, 6.07) is 15.2. The predicted molar refractivity (Wildman–Crippen MR) is 160 cm³/mol. The molecule has 10 radical (unpaired) electrons. The van der Waals surface area contributed by atoms with Gasteiger partial charge in [-0.1, -0.05) is 55.0 Å². The molecule has 2 saturated carbocycles. The molecule has 1 aliphatic heterocycles. The summed E-state index contributed by atoms with van der Waals surface area (Å²) in [5, 5.41) is 0. The van der Waals surface area contributed by atoms with Crippen LogP contribution in [0, 0.1) is 70.8 Å². The summed E-state index contributed by atoms with van der Waals surface area (Å²) in [4.78, 5) is 14.8. The molecule has 0 aromatic heterocycles. The van der Waals surface area contributed by atoms with E-state index in [9.17, 15) is 4.79 Å². The fourth-order valence-corrected chi connectivity index (χ4v) is 4.47. The molecule has 3 aliphatic rings. The molecular formula is C34H40BFeNO4+2. The number of amides is 1. The molecule has 5 nitrogen and oxygen atoms in total. The molecule has 1 saturated heterocycles. The molecule has 0 bridgehead atoms. The van der Waals surface area contributed by atoms with E-state index in [-0.39, 0.29) is 41.0 Å². The molecule has 0 unspecified atom stereocenters. The van der Waals surface area contributed by atoms with Gasteiger partial charge < -0.3 is 14.0 Å². The van der Waals surface area contributed by atoms with Gasteiger partial charge in [-0.25, -0.2) is 4.79 Å². The van der Waals surface area contributed by atoms with E-state index in [1.807, 2.05) is 111 Å². The minimum absolute atomic E-state index is 0. The topological polar surface area (TPSA) is 48.0 Å². The summed E-state index contributed by atoms with van der Waals surface area (Å²) >= 11 is 0. The van der Waals surface area contributed by atoms with Gasteiger partial charge in [0.1, 0.15) is 6.61 Å². The molecule has 214 valence electrons. The normalized spacial score (nSPS) is 19.3. The minimum Gasteiger partial charge on any atom is -0.445 e. The van der Waals surface area contributed by atoms with Gasteiger partial charge in [0.15, 0.2) is 0 Å². The Morgan fingerprint density at radius 1 is 0.805 bits per heavy atom. The van der Waals surface area contributed by atoms with Crippen LogP contribution in [-0.2, 0) is 50.7 Å². The maximum absolute atomic E-state index is 13.1. The first-order chi connectivity index (χ1) is 19.1. The number of carbonyl (C=O) groups excluding carboxylic acids is 1. The second-order valence-corrected chi connectivity index (χ2v) is 11.2. The fraction of sp³-hybridized carbons (Fsp3) is 0.324. The van der Waals surface area contributed by atoms with Gasteiger partial charge in [0.2, 0.25) is 0 Å². The van der Waals surface area contributed by atoms with Crippen molar-refractivity contribution >= 4 is 18.7 Å². The fourth-order valence-electron chi connectivity index (χ4n) is 4.47. The Labute approximate surface area is 259 Å². The number of rotatable bonds is 7. The van der Waals surface area contributed by atoms with E-state index in [0.29, 0.717) is 6.54 Å². The Morgan fingerprint density at radius 3 is 1.83 bits per heavy atom. The van der Waals surface area contributed by atoms with Crippen LogP contribution < -0.4 is 5.46 Å². The van der Waals surface area contributed by atoms with E-state index < -0.39 is 7.12 Å². The second kappa shape index (κ2) is 15.1. The number of benzene rings is 2. The van der Waals surface area contributed by atoms with E-state index in [1.165, 1.54) is 5.56 Å². The largest absolute Gasteiger partial charge is 2.00 e. The maximum atomic E-state index is 13.1. The van der Waals surface area contributed by atoms with Crippen molar-refractivity contribution in [3.8, 4) is 0 Å². The molecule has 1 heterocycles. The van der Waals surface area contributed by atoms with E-state index in [4.69, 9.17) is 14.0 Å². The first kappa shape index (κ1) is 33.7. The van der Waals surface area contributed by atoms with Gasteiger partial charge in [-0.2, -0.15) is 0 Å². The molecule has 7 heteroatoms. The van der Waals surface area contributed by atoms with Gasteiger partial charge >= 0.3 is 30.3 Å². The Balaban J connectivity index is 0.000000696. The van der Waals surface area contributed by atoms with E-state index >= 15 is 0 Å². The molecule has 2 aliphatic carbocycles. The summed E-state index contributed by atoms with van der Waals surface area (Å²) in [6.07, 6.45) is 18.3. The third-order valence-corrected chi connectivity index (χ3v) is 7.71. The van der Waals surface area contributed by atoms with Gasteiger partial charge in [0.05, 0.1) is 17.2 Å². The zero-order valence-electron chi connectivity index (χ0n) is 24.9. The molecule has 0 atom stereocenters. The van der Waals surface area contributed by atoms with Crippen molar-refractivity contribution in [2.75, 3.05) is 0 Å². The standard InChI is InChI=1S/C29H35BNO4.C5H5.Fe/c1-7-22-12-14-23(15-13-22)19-31(25-10-8-9-11-25)27(32)33-20-24-16-17-26(21(2)18-24)30-34-28(3,4)29(5,6)35-30;1-2-4-5-3-1;/h8-18H,7,19-20H2,1-6H3;1-5H;/q;;+2. The number of hydrogen-bond donors (Lipinski definition) is 0. The van der Waals surface area contributed by atoms with Crippen LogP contribution in [0.2, 0.25) is 0 Å². The van der Waals surface area contributed by atoms with Crippen molar-refractivity contribution in [2.45, 2.75) is 72.3 Å². The minimum atomic E-state index is -0.413. The van der Waals surface area contributed by atoms with Gasteiger partial charge in [0.25, 0.3) is 0 Å². The molecule has 2 aromatic rings. The molecular weight excluding hydrogens is 553 g/mol. The monoisotopic (exact) mass is 593 g/mol. The third kappa shape index (κ3) is 8.86. The quantitative estimate of drug-likeness (QED) is 0.350. The number of carbonyl (C=O) groups is 1. The summed E-state index contributed by atoms with van der Waals surface area (Å²) in [5.74, 6) is 0. The van der Waals surface area contributed by atoms with Crippen LogP contribution in [0.15, 0.2) is 42.5 Å². The maximum Gasteiger partial charge on any atom is 2.00 e. The van der Waals surface area contributed by atoms with Gasteiger partial charge in [-0.3, -0.25) is 4.90 Å². The summed E-state index contributed by atoms with van der Waals surface area (Å²) in [7, 11) is -0.413. The van der Waals surface area contributed by atoms with Crippen LogP contribution in [0.5, 0.6) is 0 Å². The van der Waals surface area contributed by atoms with Gasteiger partial charge in [0, 0.05) is 6.54 Å². The third-order valence-electron chi connectivity index (χ3n) is 7.71. The summed E-state index contributed by atoms with van der Waals surface area (Å²) in [6.45, 7) is 13.0. The van der Waals surface area contributed by atoms with Crippen LogP contribution >= 0.6 is 0 Å². The Hall–Kier alpha value is -1.79. The number of ether oxygens (including phenoxy) is 1. The smallest absolute Gasteiger partial charge is 0.445 e. The summed E-state index contributed by atoms with van der Waals surface area (Å²) in [5.41, 5.74) is 4.51. The van der Waals surface area contributed by atoms with Gasteiger partial charge in [-0.05, 0) is 121 Å². The number of hydrogen-bond acceptors (Lipinski definition) is 4. The van der Waals surface area contributed by atoms with Crippen LogP contribution in [0.4, 0.5) is 4.79 Å². The van der Waals surface area contributed by atoms with Crippen molar-refractivity contribution in [3.63, 3.8) is 0 Å². The average Bonchev–Trinajstić information content (AvgIpc) is 3.70. The SMILES string of the molecule is CCc1ccc(CN([C]2[CH][CH][CH][CH]2)C(=O)OCc2ccc(B3OC(C)(C)C(C)(C)O3)c(C)c2)cc1.[CH]1[CH][CH][CH][CH]1.[Fe+2]. The zero-order valence-corrected chi connectivity index (χ0v) is 26.0. The average molecular weight is 593 g/mol. The Kier molecular flexibility index (Phi) is 12.4. The molecule has 0 spiro atoms. The molecule has 5 rings (SSSR count). The van der Waals surface area contributed by atoms with Crippen molar-refractivity contribution in [3.05, 3.63) is 129 Å². The van der Waals surface area contributed by atoms with Crippen LogP contribution in [0.1, 0.15) is 56.9 Å². The molecule has 3 fully saturated rings. The van der Waals surface area contributed by atoms with Crippen LogP contribution in [-0.4, -0.2) is 29.3 Å². The zero-order chi connectivity index (χ0) is 28.8. The number of nitrogens with zero attached hydrogens (tertiary/aromatic N) is 1. The first-order valence-electron chi connectivity index (χ1n) is 13.9. The summed E-state index contributed by atoms with van der Waals surface area (Å²) < 4.78 is 18.1.